The van der Waals surface area contributed by atoms with Crippen LogP contribution < -0.4 is 0 Å². The van der Waals surface area contributed by atoms with Crippen molar-refractivity contribution in [2.75, 3.05) is 14.1 Å². The van der Waals surface area contributed by atoms with Crippen LogP contribution >= 0.6 is 11.6 Å². The fraction of sp³-hybridized carbons (Fsp3) is 0.400. The van der Waals surface area contributed by atoms with Gasteiger partial charge in [-0.05, 0) is 5.54 Å². The van der Waals surface area contributed by atoms with Crippen LogP contribution in [0.4, 0.5) is 0 Å². The third-order valence-corrected chi connectivity index (χ3v) is 0.211. The molecule has 0 spiro atoms. The topological polar surface area (TPSA) is 20.3 Å². The monoisotopic (exact) mass is 135 g/mol. The molecule has 0 radical (unpaired) electrons. The van der Waals surface area contributed by atoms with Crippen molar-refractivity contribution in [2.45, 2.75) is 0 Å². The van der Waals surface area contributed by atoms with E-state index >= 15 is 0 Å². The molecule has 0 unspecified atom stereocenters. The SMILES string of the molecule is C=CCl.CN(C)C=O. The third kappa shape index (κ3) is 49.5. The van der Waals surface area contributed by atoms with Crippen molar-refractivity contribution in [1.82, 2.24) is 4.90 Å². The summed E-state index contributed by atoms with van der Waals surface area (Å²) in [5, 5.41) is 0. The summed E-state index contributed by atoms with van der Waals surface area (Å²) in [4.78, 5) is 10.9. The van der Waals surface area contributed by atoms with E-state index in [0.717, 1.165) is 6.41 Å². The second kappa shape index (κ2) is 9.71. The molecule has 0 fully saturated rings. The Balaban J connectivity index is 0. The summed E-state index contributed by atoms with van der Waals surface area (Å²) >= 11 is 4.76. The molecule has 0 N–H and O–H groups in total. The maximum atomic E-state index is 9.43. The molecule has 0 saturated carbocycles. The van der Waals surface area contributed by atoms with E-state index in [1.165, 1.54) is 10.4 Å². The third-order valence-electron chi connectivity index (χ3n) is 0.211. The van der Waals surface area contributed by atoms with E-state index < -0.39 is 0 Å². The molecule has 0 bridgehead atoms. The van der Waals surface area contributed by atoms with E-state index in [1.54, 1.807) is 14.1 Å². The average molecular weight is 136 g/mol. The number of rotatable bonds is 1. The molecule has 48 valence electrons. The van der Waals surface area contributed by atoms with Crippen molar-refractivity contribution in [1.29, 1.82) is 0 Å². The van der Waals surface area contributed by atoms with Gasteiger partial charge in [-0.25, -0.2) is 0 Å². The van der Waals surface area contributed by atoms with Gasteiger partial charge in [0.05, 0.1) is 0 Å². The lowest BCUT2D eigenvalue weighted by atomic mass is 11.0. The lowest BCUT2D eigenvalue weighted by Gasteiger charge is -1.93. The first kappa shape index (κ1) is 10.5. The molecule has 0 aliphatic carbocycles. The lowest BCUT2D eigenvalue weighted by Crippen LogP contribution is -2.06. The summed E-state index contributed by atoms with van der Waals surface area (Å²) in [6.07, 6.45) is 0.750. The summed E-state index contributed by atoms with van der Waals surface area (Å²) in [6.45, 7) is 3.13. The Morgan fingerprint density at radius 3 is 1.75 bits per heavy atom. The molecule has 1 amide bonds. The highest BCUT2D eigenvalue weighted by molar-refractivity contribution is 6.25. The van der Waals surface area contributed by atoms with Crippen molar-refractivity contribution in [3.8, 4) is 0 Å². The number of carbonyl (C=O) groups excluding carboxylic acids is 1. The van der Waals surface area contributed by atoms with Gasteiger partial charge in [0.1, 0.15) is 0 Å². The van der Waals surface area contributed by atoms with Crippen LogP contribution in [0.1, 0.15) is 0 Å². The molecule has 0 aromatic carbocycles. The second-order valence-corrected chi connectivity index (χ2v) is 1.53. The molecule has 0 aliphatic heterocycles. The summed E-state index contributed by atoms with van der Waals surface area (Å²) in [5.74, 6) is 0. The molecule has 8 heavy (non-hydrogen) atoms. The largest absolute Gasteiger partial charge is 0.351 e. The van der Waals surface area contributed by atoms with Gasteiger partial charge in [0.15, 0.2) is 0 Å². The zero-order valence-electron chi connectivity index (χ0n) is 5.10. The molecule has 2 nitrogen and oxygen atoms in total. The van der Waals surface area contributed by atoms with Crippen molar-refractivity contribution in [3.63, 3.8) is 0 Å². The molecule has 0 heterocycles. The minimum atomic E-state index is 0.750. The normalized spacial score (nSPS) is 5.88. The van der Waals surface area contributed by atoms with Gasteiger partial charge in [-0.1, -0.05) is 18.2 Å². The van der Waals surface area contributed by atoms with Gasteiger partial charge in [-0.2, -0.15) is 0 Å². The van der Waals surface area contributed by atoms with Crippen LogP contribution in [0.2, 0.25) is 0 Å². The molecule has 0 atom stereocenters. The summed E-state index contributed by atoms with van der Waals surface area (Å²) in [7, 11) is 3.38. The van der Waals surface area contributed by atoms with Gasteiger partial charge >= 0.3 is 0 Å². The number of nitrogens with zero attached hydrogens (tertiary/aromatic N) is 1. The zero-order chi connectivity index (χ0) is 6.99. The molecule has 0 saturated heterocycles. The molecular formula is C5H10ClNO. The van der Waals surface area contributed by atoms with Crippen molar-refractivity contribution < 1.29 is 4.79 Å². The smallest absolute Gasteiger partial charge is 0.209 e. The highest BCUT2D eigenvalue weighted by atomic mass is 35.5. The summed E-state index contributed by atoms with van der Waals surface area (Å²) < 4.78 is 0. The highest BCUT2D eigenvalue weighted by Gasteiger charge is 1.68. The number of halogens is 1. The maximum absolute atomic E-state index is 9.43. The first-order valence-electron chi connectivity index (χ1n) is 2.01. The van der Waals surface area contributed by atoms with E-state index in [2.05, 4.69) is 6.58 Å². The Morgan fingerprint density at radius 1 is 1.62 bits per heavy atom. The van der Waals surface area contributed by atoms with Crippen LogP contribution in [0.3, 0.4) is 0 Å². The van der Waals surface area contributed by atoms with Crippen molar-refractivity contribution in [2.24, 2.45) is 0 Å². The van der Waals surface area contributed by atoms with E-state index in [0.29, 0.717) is 0 Å². The van der Waals surface area contributed by atoms with Gasteiger partial charge in [0.25, 0.3) is 0 Å². The zero-order valence-corrected chi connectivity index (χ0v) is 5.85. The van der Waals surface area contributed by atoms with Crippen LogP contribution in [-0.2, 0) is 4.79 Å². The second-order valence-electron chi connectivity index (χ2n) is 1.22. The standard InChI is InChI=1S/C3H7NO.C2H3Cl/c1-4(2)3-5;1-2-3/h3H,1-2H3;2H,1H2. The van der Waals surface area contributed by atoms with Gasteiger partial charge in [-0.15, -0.1) is 0 Å². The van der Waals surface area contributed by atoms with Crippen LogP contribution in [0.25, 0.3) is 0 Å². The van der Waals surface area contributed by atoms with Gasteiger partial charge in [-0.3, -0.25) is 4.79 Å². The Bertz CT molecular complexity index is 63.4. The first-order valence-corrected chi connectivity index (χ1v) is 2.45. The predicted octanol–water partition coefficient (Wildman–Crippen LogP) is 1.07. The minimum Gasteiger partial charge on any atom is -0.351 e. The number of amides is 1. The number of hydrogen-bond donors (Lipinski definition) is 0. The Kier molecular flexibility index (Phi) is 12.7. The molecule has 0 aliphatic rings. The molecule has 3 heteroatoms. The van der Waals surface area contributed by atoms with Crippen LogP contribution in [-0.4, -0.2) is 25.4 Å². The van der Waals surface area contributed by atoms with Crippen LogP contribution in [0, 0.1) is 0 Å². The highest BCUT2D eigenvalue weighted by Crippen LogP contribution is 1.60. The Labute approximate surface area is 54.7 Å². The average Bonchev–Trinajstić information content (AvgIpc) is 1.69. The van der Waals surface area contributed by atoms with E-state index in [1.807, 2.05) is 0 Å². The van der Waals surface area contributed by atoms with Crippen LogP contribution in [0.5, 0.6) is 0 Å². The van der Waals surface area contributed by atoms with Crippen LogP contribution in [0.15, 0.2) is 12.1 Å². The Morgan fingerprint density at radius 2 is 1.75 bits per heavy atom. The Hall–Kier alpha value is -0.500. The first-order chi connectivity index (χ1) is 3.68. The lowest BCUT2D eigenvalue weighted by molar-refractivity contribution is -0.115. The van der Waals surface area contributed by atoms with Crippen molar-refractivity contribution >= 4 is 18.0 Å². The molecule has 0 aromatic rings. The predicted molar refractivity (Wildman–Crippen MR) is 35.8 cm³/mol. The fourth-order valence-corrected chi connectivity index (χ4v) is 0. The fourth-order valence-electron chi connectivity index (χ4n) is 0. The minimum absolute atomic E-state index is 0.750. The molecular weight excluding hydrogens is 126 g/mol. The van der Waals surface area contributed by atoms with E-state index in [9.17, 15) is 4.79 Å². The van der Waals surface area contributed by atoms with Gasteiger partial charge < -0.3 is 4.90 Å². The van der Waals surface area contributed by atoms with E-state index in [4.69, 9.17) is 11.6 Å². The molecule has 0 aromatic heterocycles. The molecule has 0 rings (SSSR count). The number of carbonyl (C=O) groups is 1. The van der Waals surface area contributed by atoms with Gasteiger partial charge in [0.2, 0.25) is 6.41 Å². The van der Waals surface area contributed by atoms with Crippen molar-refractivity contribution in [3.05, 3.63) is 12.1 Å². The maximum Gasteiger partial charge on any atom is 0.209 e. The summed E-state index contributed by atoms with van der Waals surface area (Å²) in [6, 6.07) is 0. The quantitative estimate of drug-likeness (QED) is 0.493. The summed E-state index contributed by atoms with van der Waals surface area (Å²) in [5.41, 5.74) is 1.22. The van der Waals surface area contributed by atoms with Gasteiger partial charge in [0, 0.05) is 14.1 Å². The number of hydrogen-bond acceptors (Lipinski definition) is 1. The van der Waals surface area contributed by atoms with E-state index in [-0.39, 0.29) is 0 Å².